The topological polar surface area (TPSA) is 52.7 Å². The van der Waals surface area contributed by atoms with Crippen molar-refractivity contribution in [2.24, 2.45) is 5.92 Å². The molecule has 1 heterocycles. The van der Waals surface area contributed by atoms with Gasteiger partial charge in [0.2, 0.25) is 11.8 Å². The molecule has 2 atom stereocenters. The predicted octanol–water partition coefficient (Wildman–Crippen LogP) is 3.05. The van der Waals surface area contributed by atoms with Crippen molar-refractivity contribution in [3.05, 3.63) is 29.8 Å². The minimum Gasteiger partial charge on any atom is -0.335 e. The maximum atomic E-state index is 13.0. The average Bonchev–Trinajstić information content (AvgIpc) is 2.61. The summed E-state index contributed by atoms with van der Waals surface area (Å²) in [4.78, 5) is 27.5. The molecule has 1 saturated heterocycles. The summed E-state index contributed by atoms with van der Waals surface area (Å²) in [6.45, 7) is 3.63. The monoisotopic (exact) mass is 385 g/mol. The van der Waals surface area contributed by atoms with Crippen molar-refractivity contribution in [3.8, 4) is 0 Å². The van der Waals surface area contributed by atoms with Crippen LogP contribution in [0.15, 0.2) is 24.3 Å². The second kappa shape index (κ2) is 8.73. The minimum absolute atomic E-state index is 0.0930. The molecule has 8 heteroatoms. The van der Waals surface area contributed by atoms with E-state index in [2.05, 4.69) is 5.32 Å². The molecule has 2 rings (SSSR count). The van der Waals surface area contributed by atoms with Gasteiger partial charge in [-0.1, -0.05) is 17.7 Å². The van der Waals surface area contributed by atoms with Crippen molar-refractivity contribution in [1.29, 1.82) is 0 Å². The summed E-state index contributed by atoms with van der Waals surface area (Å²) < 4.78 is 38.9. The van der Waals surface area contributed by atoms with Gasteiger partial charge < -0.3 is 10.2 Å². The Balaban J connectivity index is 1.89. The number of likely N-dealkylation sites (N-methyl/N-ethyl adjacent to an activating group) is 1. The van der Waals surface area contributed by atoms with Gasteiger partial charge in [-0.25, -0.2) is 0 Å². The molecule has 1 fully saturated rings. The molecule has 150 valence electrons. The fraction of sp³-hybridized carbons (Fsp3) is 0.579. The number of benzene rings is 1. The van der Waals surface area contributed by atoms with E-state index in [0.29, 0.717) is 18.7 Å². The summed E-state index contributed by atoms with van der Waals surface area (Å²) in [5.41, 5.74) is 1.69. The van der Waals surface area contributed by atoms with Crippen molar-refractivity contribution in [2.45, 2.75) is 38.9 Å². The van der Waals surface area contributed by atoms with E-state index in [0.717, 1.165) is 5.56 Å². The lowest BCUT2D eigenvalue weighted by molar-refractivity contribution is -0.189. The smallest absolute Gasteiger partial charge is 0.335 e. The van der Waals surface area contributed by atoms with E-state index in [4.69, 9.17) is 0 Å². The number of aryl methyl sites for hydroxylation is 1. The highest BCUT2D eigenvalue weighted by atomic mass is 19.4. The molecule has 1 N–H and O–H groups in total. The SMILES string of the molecule is Cc1ccc(NC(=O)CN(C)C(=O)C(C)N2CCCC(C(F)(F)F)C2)cc1. The zero-order chi connectivity index (χ0) is 20.2. The van der Waals surface area contributed by atoms with E-state index in [1.807, 2.05) is 19.1 Å². The van der Waals surface area contributed by atoms with Crippen LogP contribution in [0.25, 0.3) is 0 Å². The molecule has 0 radical (unpaired) electrons. The third-order valence-corrected chi connectivity index (χ3v) is 4.91. The molecule has 0 spiro atoms. The Hall–Kier alpha value is -2.09. The Morgan fingerprint density at radius 1 is 1.30 bits per heavy atom. The van der Waals surface area contributed by atoms with Gasteiger partial charge in [-0.3, -0.25) is 14.5 Å². The highest BCUT2D eigenvalue weighted by molar-refractivity contribution is 5.95. The van der Waals surface area contributed by atoms with Crippen LogP contribution in [0.2, 0.25) is 0 Å². The number of hydrogen-bond donors (Lipinski definition) is 1. The maximum Gasteiger partial charge on any atom is 0.393 e. The van der Waals surface area contributed by atoms with Crippen LogP contribution < -0.4 is 5.32 Å². The molecule has 0 bridgehead atoms. The largest absolute Gasteiger partial charge is 0.393 e. The molecule has 27 heavy (non-hydrogen) atoms. The summed E-state index contributed by atoms with van der Waals surface area (Å²) >= 11 is 0. The van der Waals surface area contributed by atoms with Crippen LogP contribution in [-0.4, -0.2) is 60.5 Å². The van der Waals surface area contributed by atoms with Gasteiger partial charge in [0.05, 0.1) is 18.5 Å². The van der Waals surface area contributed by atoms with Gasteiger partial charge in [0.1, 0.15) is 0 Å². The first-order valence-electron chi connectivity index (χ1n) is 9.00. The number of alkyl halides is 3. The van der Waals surface area contributed by atoms with E-state index in [-0.39, 0.29) is 31.3 Å². The molecule has 1 aromatic carbocycles. The van der Waals surface area contributed by atoms with Crippen LogP contribution in [0.5, 0.6) is 0 Å². The lowest BCUT2D eigenvalue weighted by atomic mass is 9.96. The normalized spacial score (nSPS) is 19.4. The standard InChI is InChI=1S/C19H26F3N3O2/c1-13-6-8-16(9-7-13)23-17(26)12-24(3)18(27)14(2)25-10-4-5-15(11-25)19(20,21)22/h6-9,14-15H,4-5,10-12H2,1-3H3,(H,23,26). The van der Waals surface area contributed by atoms with Gasteiger partial charge in [-0.05, 0) is 45.4 Å². The van der Waals surface area contributed by atoms with Crippen LogP contribution in [0, 0.1) is 12.8 Å². The van der Waals surface area contributed by atoms with Crippen molar-refractivity contribution < 1.29 is 22.8 Å². The quantitative estimate of drug-likeness (QED) is 0.848. The fourth-order valence-corrected chi connectivity index (χ4v) is 3.23. The van der Waals surface area contributed by atoms with E-state index < -0.39 is 18.1 Å². The maximum absolute atomic E-state index is 13.0. The second-order valence-corrected chi connectivity index (χ2v) is 7.16. The molecule has 2 unspecified atom stereocenters. The molecule has 0 aromatic heterocycles. The Bertz CT molecular complexity index is 661. The first kappa shape index (κ1) is 21.2. The van der Waals surface area contributed by atoms with E-state index in [9.17, 15) is 22.8 Å². The Labute approximate surface area is 157 Å². The van der Waals surface area contributed by atoms with Gasteiger partial charge in [0, 0.05) is 19.3 Å². The zero-order valence-corrected chi connectivity index (χ0v) is 15.8. The van der Waals surface area contributed by atoms with Crippen molar-refractivity contribution in [1.82, 2.24) is 9.80 Å². The van der Waals surface area contributed by atoms with Crippen molar-refractivity contribution in [2.75, 3.05) is 32.0 Å². The first-order valence-corrected chi connectivity index (χ1v) is 9.00. The van der Waals surface area contributed by atoms with Crippen LogP contribution in [0.1, 0.15) is 25.3 Å². The van der Waals surface area contributed by atoms with Crippen LogP contribution in [-0.2, 0) is 9.59 Å². The van der Waals surface area contributed by atoms with Gasteiger partial charge in [0.25, 0.3) is 0 Å². The predicted molar refractivity (Wildman–Crippen MR) is 97.3 cm³/mol. The summed E-state index contributed by atoms with van der Waals surface area (Å²) in [7, 11) is 1.48. The number of hydrogen-bond acceptors (Lipinski definition) is 3. The van der Waals surface area contributed by atoms with Gasteiger partial charge in [-0.2, -0.15) is 13.2 Å². The van der Waals surface area contributed by atoms with Gasteiger partial charge in [0.15, 0.2) is 0 Å². The summed E-state index contributed by atoms with van der Waals surface area (Å²) in [5, 5.41) is 2.71. The molecular weight excluding hydrogens is 359 g/mol. The third kappa shape index (κ3) is 5.95. The zero-order valence-electron chi connectivity index (χ0n) is 15.8. The third-order valence-electron chi connectivity index (χ3n) is 4.91. The van der Waals surface area contributed by atoms with Crippen LogP contribution in [0.3, 0.4) is 0 Å². The fourth-order valence-electron chi connectivity index (χ4n) is 3.23. The van der Waals surface area contributed by atoms with E-state index >= 15 is 0 Å². The highest BCUT2D eigenvalue weighted by Gasteiger charge is 2.43. The number of piperidine rings is 1. The molecular formula is C19H26F3N3O2. The number of amides is 2. The van der Waals surface area contributed by atoms with Crippen LogP contribution in [0.4, 0.5) is 18.9 Å². The number of nitrogens with zero attached hydrogens (tertiary/aromatic N) is 2. The average molecular weight is 385 g/mol. The minimum atomic E-state index is -4.25. The number of halogens is 3. The molecule has 1 aliphatic rings. The highest BCUT2D eigenvalue weighted by Crippen LogP contribution is 2.33. The second-order valence-electron chi connectivity index (χ2n) is 7.16. The number of anilines is 1. The van der Waals surface area contributed by atoms with Crippen molar-refractivity contribution in [3.63, 3.8) is 0 Å². The molecule has 0 aliphatic carbocycles. The van der Waals surface area contributed by atoms with Gasteiger partial charge >= 0.3 is 6.18 Å². The molecule has 2 amide bonds. The number of likely N-dealkylation sites (tertiary alicyclic amines) is 1. The lowest BCUT2D eigenvalue weighted by Crippen LogP contribution is -2.52. The van der Waals surface area contributed by atoms with Crippen molar-refractivity contribution >= 4 is 17.5 Å². The molecule has 1 aromatic rings. The Morgan fingerprint density at radius 3 is 2.52 bits per heavy atom. The Morgan fingerprint density at radius 2 is 1.93 bits per heavy atom. The van der Waals surface area contributed by atoms with E-state index in [1.54, 1.807) is 24.0 Å². The number of rotatable bonds is 5. The Kier molecular flexibility index (Phi) is 6.86. The summed E-state index contributed by atoms with van der Waals surface area (Å²) in [5.74, 6) is -2.12. The van der Waals surface area contributed by atoms with E-state index in [1.165, 1.54) is 11.9 Å². The number of nitrogens with one attached hydrogen (secondary N) is 1. The summed E-state index contributed by atoms with van der Waals surface area (Å²) in [6, 6.07) is 6.55. The first-order chi connectivity index (χ1) is 12.6. The molecule has 0 saturated carbocycles. The lowest BCUT2D eigenvalue weighted by Gasteiger charge is -2.37. The number of carbonyl (C=O) groups is 2. The summed E-state index contributed by atoms with van der Waals surface area (Å²) in [6.07, 6.45) is -3.75. The number of carbonyl (C=O) groups excluding carboxylic acids is 2. The molecule has 5 nitrogen and oxygen atoms in total. The van der Waals surface area contributed by atoms with Gasteiger partial charge in [-0.15, -0.1) is 0 Å². The van der Waals surface area contributed by atoms with Crippen LogP contribution >= 0.6 is 0 Å². The molecule has 1 aliphatic heterocycles.